The number of likely N-dealkylation sites (tertiary alicyclic amines) is 1. The van der Waals surface area contributed by atoms with E-state index in [-0.39, 0.29) is 5.54 Å². The molecule has 0 aromatic heterocycles. The van der Waals surface area contributed by atoms with Gasteiger partial charge in [0, 0.05) is 13.0 Å². The molecule has 1 heterocycles. The normalized spacial score (nSPS) is 40.8. The average Bonchev–Trinajstić information content (AvgIpc) is 2.54. The molecule has 3 atom stereocenters. The molecule has 2 fully saturated rings. The molecule has 2 nitrogen and oxygen atoms in total. The van der Waals surface area contributed by atoms with Crippen molar-refractivity contribution in [2.75, 3.05) is 13.1 Å². The Morgan fingerprint density at radius 3 is 2.81 bits per heavy atom. The monoisotopic (exact) mass is 223 g/mol. The molecule has 1 aliphatic heterocycles. The van der Waals surface area contributed by atoms with E-state index in [2.05, 4.69) is 25.7 Å². The zero-order valence-corrected chi connectivity index (χ0v) is 11.0. The van der Waals surface area contributed by atoms with E-state index in [1.165, 1.54) is 12.8 Å². The number of hydrogen-bond donors (Lipinski definition) is 0. The Morgan fingerprint density at radius 2 is 2.12 bits per heavy atom. The van der Waals surface area contributed by atoms with Crippen molar-refractivity contribution >= 4 is 5.78 Å². The van der Waals surface area contributed by atoms with Crippen LogP contribution in [0.15, 0.2) is 0 Å². The smallest absolute Gasteiger partial charge is 0.154 e. The van der Waals surface area contributed by atoms with E-state index in [1.54, 1.807) is 0 Å². The number of carbonyl (C=O) groups excluding carboxylic acids is 1. The van der Waals surface area contributed by atoms with Crippen molar-refractivity contribution in [1.82, 2.24) is 4.90 Å². The molecule has 0 bridgehead atoms. The first kappa shape index (κ1) is 12.1. The van der Waals surface area contributed by atoms with Crippen molar-refractivity contribution in [2.45, 2.75) is 58.4 Å². The Labute approximate surface area is 99.4 Å². The summed E-state index contributed by atoms with van der Waals surface area (Å²) in [5, 5.41) is 0. The molecular formula is C14H25NO. The van der Waals surface area contributed by atoms with E-state index in [9.17, 15) is 4.79 Å². The van der Waals surface area contributed by atoms with Gasteiger partial charge in [0.05, 0.1) is 5.54 Å². The van der Waals surface area contributed by atoms with Gasteiger partial charge in [-0.1, -0.05) is 27.2 Å². The molecule has 2 aliphatic rings. The van der Waals surface area contributed by atoms with Crippen molar-refractivity contribution in [1.29, 1.82) is 0 Å². The second kappa shape index (κ2) is 4.48. The third-order valence-electron chi connectivity index (χ3n) is 4.72. The molecule has 2 heteroatoms. The number of ketones is 1. The summed E-state index contributed by atoms with van der Waals surface area (Å²) in [5.74, 6) is 1.81. The number of carbonyl (C=O) groups is 1. The lowest BCUT2D eigenvalue weighted by atomic mass is 9.67. The highest BCUT2D eigenvalue weighted by molar-refractivity contribution is 5.91. The van der Waals surface area contributed by atoms with E-state index in [4.69, 9.17) is 0 Å². The number of nitrogens with zero attached hydrogens (tertiary/aromatic N) is 1. The van der Waals surface area contributed by atoms with Gasteiger partial charge < -0.3 is 0 Å². The van der Waals surface area contributed by atoms with Crippen LogP contribution in [0.4, 0.5) is 0 Å². The predicted octanol–water partition coefficient (Wildman–Crippen LogP) is 2.87. The molecule has 1 saturated heterocycles. The maximum absolute atomic E-state index is 12.4. The van der Waals surface area contributed by atoms with Crippen molar-refractivity contribution in [3.8, 4) is 0 Å². The second-order valence-corrected chi connectivity index (χ2v) is 5.87. The summed E-state index contributed by atoms with van der Waals surface area (Å²) < 4.78 is 0. The number of rotatable bonds is 2. The number of Topliss-reactive ketones (excluding diaryl/α,β-unsaturated/α-hetero) is 1. The topological polar surface area (TPSA) is 20.3 Å². The fourth-order valence-corrected chi connectivity index (χ4v) is 3.85. The lowest BCUT2D eigenvalue weighted by molar-refractivity contribution is -0.131. The molecule has 16 heavy (non-hydrogen) atoms. The quantitative estimate of drug-likeness (QED) is 0.717. The van der Waals surface area contributed by atoms with Gasteiger partial charge in [0.1, 0.15) is 0 Å². The largest absolute Gasteiger partial charge is 0.298 e. The Balaban J connectivity index is 2.26. The predicted molar refractivity (Wildman–Crippen MR) is 66.4 cm³/mol. The Kier molecular flexibility index (Phi) is 3.39. The van der Waals surface area contributed by atoms with Gasteiger partial charge in [-0.25, -0.2) is 0 Å². The Morgan fingerprint density at radius 1 is 1.38 bits per heavy atom. The minimum absolute atomic E-state index is 0.0757. The lowest BCUT2D eigenvalue weighted by Crippen LogP contribution is -2.56. The molecule has 3 unspecified atom stereocenters. The summed E-state index contributed by atoms with van der Waals surface area (Å²) in [6.07, 6.45) is 5.59. The van der Waals surface area contributed by atoms with Crippen LogP contribution in [0.3, 0.4) is 0 Å². The first-order chi connectivity index (χ1) is 7.61. The van der Waals surface area contributed by atoms with Crippen LogP contribution >= 0.6 is 0 Å². The molecule has 1 spiro atoms. The van der Waals surface area contributed by atoms with Gasteiger partial charge in [-0.3, -0.25) is 9.69 Å². The van der Waals surface area contributed by atoms with Gasteiger partial charge in [-0.2, -0.15) is 0 Å². The van der Waals surface area contributed by atoms with Crippen molar-refractivity contribution in [3.05, 3.63) is 0 Å². The van der Waals surface area contributed by atoms with Gasteiger partial charge in [-0.05, 0) is 37.6 Å². The highest BCUT2D eigenvalue weighted by Gasteiger charge is 2.53. The number of hydrogen-bond acceptors (Lipinski definition) is 2. The fraction of sp³-hybridized carbons (Fsp3) is 0.929. The summed E-state index contributed by atoms with van der Waals surface area (Å²) in [7, 11) is 0. The Hall–Kier alpha value is -0.370. The summed E-state index contributed by atoms with van der Waals surface area (Å²) >= 11 is 0. The minimum atomic E-state index is -0.0757. The summed E-state index contributed by atoms with van der Waals surface area (Å²) in [6, 6.07) is 0. The third kappa shape index (κ3) is 1.71. The fourth-order valence-electron chi connectivity index (χ4n) is 3.85. The van der Waals surface area contributed by atoms with Crippen LogP contribution < -0.4 is 0 Å². The Bertz CT molecular complexity index is 276. The van der Waals surface area contributed by atoms with Gasteiger partial charge in [0.25, 0.3) is 0 Å². The minimum Gasteiger partial charge on any atom is -0.298 e. The molecule has 0 aromatic carbocycles. The van der Waals surface area contributed by atoms with Crippen LogP contribution in [0.5, 0.6) is 0 Å². The molecule has 0 amide bonds. The SMILES string of the molecule is CCCN1CCC(=O)C12CC(C)CCC2C. The molecule has 1 saturated carbocycles. The van der Waals surface area contributed by atoms with E-state index in [0.29, 0.717) is 11.7 Å². The van der Waals surface area contributed by atoms with Crippen molar-refractivity contribution in [2.24, 2.45) is 11.8 Å². The van der Waals surface area contributed by atoms with Crippen molar-refractivity contribution in [3.63, 3.8) is 0 Å². The standard InChI is InChI=1S/C14H25NO/c1-4-8-15-9-7-13(16)14(15)10-11(2)5-6-12(14)3/h11-12H,4-10H2,1-3H3. The molecule has 0 radical (unpaired) electrons. The summed E-state index contributed by atoms with van der Waals surface area (Å²) in [5.41, 5.74) is -0.0757. The van der Waals surface area contributed by atoms with Gasteiger partial charge in [0.2, 0.25) is 0 Å². The average molecular weight is 223 g/mol. The zero-order chi connectivity index (χ0) is 11.8. The van der Waals surface area contributed by atoms with E-state index < -0.39 is 0 Å². The first-order valence-corrected chi connectivity index (χ1v) is 6.89. The highest BCUT2D eigenvalue weighted by Crippen LogP contribution is 2.45. The molecular weight excluding hydrogens is 198 g/mol. The van der Waals surface area contributed by atoms with E-state index in [0.717, 1.165) is 38.3 Å². The summed E-state index contributed by atoms with van der Waals surface area (Å²) in [4.78, 5) is 14.8. The molecule has 0 N–H and O–H groups in total. The third-order valence-corrected chi connectivity index (χ3v) is 4.72. The van der Waals surface area contributed by atoms with Crippen molar-refractivity contribution < 1.29 is 4.79 Å². The highest BCUT2D eigenvalue weighted by atomic mass is 16.1. The first-order valence-electron chi connectivity index (χ1n) is 6.89. The van der Waals surface area contributed by atoms with Gasteiger partial charge in [-0.15, -0.1) is 0 Å². The van der Waals surface area contributed by atoms with Crippen LogP contribution in [0, 0.1) is 11.8 Å². The maximum Gasteiger partial charge on any atom is 0.154 e. The molecule has 0 aromatic rings. The van der Waals surface area contributed by atoms with Gasteiger partial charge in [0.15, 0.2) is 5.78 Å². The zero-order valence-electron chi connectivity index (χ0n) is 11.0. The molecule has 2 rings (SSSR count). The second-order valence-electron chi connectivity index (χ2n) is 5.87. The molecule has 1 aliphatic carbocycles. The van der Waals surface area contributed by atoms with Crippen LogP contribution in [0.1, 0.15) is 52.9 Å². The lowest BCUT2D eigenvalue weighted by Gasteiger charge is -2.47. The van der Waals surface area contributed by atoms with Crippen LogP contribution in [-0.4, -0.2) is 29.3 Å². The van der Waals surface area contributed by atoms with E-state index in [1.807, 2.05) is 0 Å². The molecule has 92 valence electrons. The maximum atomic E-state index is 12.4. The van der Waals surface area contributed by atoms with E-state index >= 15 is 0 Å². The van der Waals surface area contributed by atoms with Gasteiger partial charge >= 0.3 is 0 Å². The van der Waals surface area contributed by atoms with Crippen LogP contribution in [0.2, 0.25) is 0 Å². The van der Waals surface area contributed by atoms with Crippen LogP contribution in [-0.2, 0) is 4.79 Å². The summed E-state index contributed by atoms with van der Waals surface area (Å²) in [6.45, 7) is 8.92. The van der Waals surface area contributed by atoms with Crippen LogP contribution in [0.25, 0.3) is 0 Å².